The molecule has 8 nitrogen and oxygen atoms in total. The lowest BCUT2D eigenvalue weighted by molar-refractivity contribution is -0.145. The standard InChI is InChI=1S/C18H23N5O3S/c1-18(3-2-14(24)19-12-18)16(26)22-6-4-21(5-7-22)11-13-10-15(25)23-8-9-27-17(23)20-13/h8-10H,2-7,11-12H2,1H3,(H,19,24)/t18-/m0/s1. The Labute approximate surface area is 160 Å². The van der Waals surface area contributed by atoms with Crippen molar-refractivity contribution in [3.05, 3.63) is 33.7 Å². The van der Waals surface area contributed by atoms with Crippen molar-refractivity contribution in [1.29, 1.82) is 0 Å². The summed E-state index contributed by atoms with van der Waals surface area (Å²) in [6, 6.07) is 1.59. The largest absolute Gasteiger partial charge is 0.355 e. The maximum atomic E-state index is 12.9. The number of carbonyl (C=O) groups excluding carboxylic acids is 2. The van der Waals surface area contributed by atoms with Gasteiger partial charge in [-0.3, -0.25) is 23.7 Å². The second kappa shape index (κ2) is 7.05. The van der Waals surface area contributed by atoms with E-state index in [4.69, 9.17) is 0 Å². The minimum atomic E-state index is -0.503. The molecule has 4 rings (SSSR count). The van der Waals surface area contributed by atoms with Gasteiger partial charge in [0, 0.05) is 63.3 Å². The van der Waals surface area contributed by atoms with Crippen molar-refractivity contribution in [2.45, 2.75) is 26.3 Å². The summed E-state index contributed by atoms with van der Waals surface area (Å²) in [5, 5.41) is 4.67. The van der Waals surface area contributed by atoms with Gasteiger partial charge >= 0.3 is 0 Å². The molecule has 4 heterocycles. The summed E-state index contributed by atoms with van der Waals surface area (Å²) in [5.41, 5.74) is 0.206. The van der Waals surface area contributed by atoms with Gasteiger partial charge in [-0.25, -0.2) is 4.98 Å². The van der Waals surface area contributed by atoms with Crippen molar-refractivity contribution in [1.82, 2.24) is 24.5 Å². The average Bonchev–Trinajstić information content (AvgIpc) is 3.14. The molecule has 2 aliphatic rings. The highest BCUT2D eigenvalue weighted by Crippen LogP contribution is 2.29. The zero-order valence-electron chi connectivity index (χ0n) is 15.3. The molecule has 0 spiro atoms. The summed E-state index contributed by atoms with van der Waals surface area (Å²) in [4.78, 5) is 45.8. The van der Waals surface area contributed by atoms with Crippen LogP contribution in [0, 0.1) is 5.41 Å². The molecule has 0 bridgehead atoms. The molecule has 2 aromatic rings. The Morgan fingerprint density at radius 1 is 1.30 bits per heavy atom. The molecule has 2 aliphatic heterocycles. The Kier molecular flexibility index (Phi) is 4.73. The van der Waals surface area contributed by atoms with Crippen LogP contribution < -0.4 is 10.9 Å². The van der Waals surface area contributed by atoms with Crippen LogP contribution in [0.2, 0.25) is 0 Å². The summed E-state index contributed by atoms with van der Waals surface area (Å²) in [6.45, 7) is 5.78. The van der Waals surface area contributed by atoms with Gasteiger partial charge in [-0.05, 0) is 13.3 Å². The van der Waals surface area contributed by atoms with Gasteiger partial charge in [-0.1, -0.05) is 0 Å². The first-order chi connectivity index (χ1) is 12.9. The zero-order valence-corrected chi connectivity index (χ0v) is 16.1. The highest BCUT2D eigenvalue weighted by atomic mass is 32.1. The lowest BCUT2D eigenvalue weighted by Crippen LogP contribution is -2.56. The monoisotopic (exact) mass is 389 g/mol. The predicted molar refractivity (Wildman–Crippen MR) is 102 cm³/mol. The number of hydrogen-bond donors (Lipinski definition) is 1. The van der Waals surface area contributed by atoms with Gasteiger partial charge in [0.25, 0.3) is 5.56 Å². The van der Waals surface area contributed by atoms with E-state index in [2.05, 4.69) is 15.2 Å². The Balaban J connectivity index is 1.36. The summed E-state index contributed by atoms with van der Waals surface area (Å²) >= 11 is 1.45. The zero-order chi connectivity index (χ0) is 19.0. The number of piperidine rings is 1. The van der Waals surface area contributed by atoms with Crippen LogP contribution in [0.15, 0.2) is 22.4 Å². The first-order valence-corrected chi connectivity index (χ1v) is 10.1. The molecule has 9 heteroatoms. The van der Waals surface area contributed by atoms with Gasteiger partial charge in [-0.15, -0.1) is 11.3 Å². The minimum absolute atomic E-state index is 0.0243. The van der Waals surface area contributed by atoms with E-state index in [1.165, 1.54) is 11.3 Å². The van der Waals surface area contributed by atoms with Crippen LogP contribution in [-0.4, -0.2) is 63.7 Å². The molecule has 0 saturated carbocycles. The number of nitrogens with zero attached hydrogens (tertiary/aromatic N) is 4. The van der Waals surface area contributed by atoms with E-state index in [0.717, 1.165) is 18.8 Å². The molecule has 27 heavy (non-hydrogen) atoms. The van der Waals surface area contributed by atoms with Gasteiger partial charge < -0.3 is 10.2 Å². The third-order valence-corrected chi connectivity index (χ3v) is 6.25. The molecule has 2 amide bonds. The third-order valence-electron chi connectivity index (χ3n) is 5.50. The summed E-state index contributed by atoms with van der Waals surface area (Å²) < 4.78 is 1.55. The number of thiazole rings is 1. The van der Waals surface area contributed by atoms with Crippen LogP contribution in [0.4, 0.5) is 0 Å². The minimum Gasteiger partial charge on any atom is -0.355 e. The normalized spacial score (nSPS) is 24.2. The van der Waals surface area contributed by atoms with Crippen molar-refractivity contribution in [3.8, 4) is 0 Å². The lowest BCUT2D eigenvalue weighted by Gasteiger charge is -2.41. The molecule has 0 radical (unpaired) electrons. The van der Waals surface area contributed by atoms with E-state index < -0.39 is 5.41 Å². The van der Waals surface area contributed by atoms with Gasteiger partial charge in [0.2, 0.25) is 11.8 Å². The lowest BCUT2D eigenvalue weighted by atomic mass is 9.81. The Morgan fingerprint density at radius 2 is 2.07 bits per heavy atom. The van der Waals surface area contributed by atoms with Crippen LogP contribution in [0.25, 0.3) is 4.96 Å². The second-order valence-corrected chi connectivity index (χ2v) is 8.42. The van der Waals surface area contributed by atoms with Crippen LogP contribution in [0.5, 0.6) is 0 Å². The van der Waals surface area contributed by atoms with E-state index in [0.29, 0.717) is 44.0 Å². The molecule has 1 N–H and O–H groups in total. The Bertz CT molecular complexity index is 918. The topological polar surface area (TPSA) is 87.0 Å². The van der Waals surface area contributed by atoms with Crippen molar-refractivity contribution in [2.75, 3.05) is 32.7 Å². The van der Waals surface area contributed by atoms with Crippen molar-refractivity contribution in [2.24, 2.45) is 5.41 Å². The molecule has 144 valence electrons. The fourth-order valence-electron chi connectivity index (χ4n) is 3.73. The molecule has 2 fully saturated rings. The first-order valence-electron chi connectivity index (χ1n) is 9.19. The number of amides is 2. The van der Waals surface area contributed by atoms with E-state index in [1.54, 1.807) is 16.7 Å². The van der Waals surface area contributed by atoms with Crippen LogP contribution in [0.1, 0.15) is 25.5 Å². The SMILES string of the molecule is C[C@]1(C(=O)N2CCN(Cc3cc(=O)n4ccsc4n3)CC2)CCC(=O)NC1. The summed E-state index contributed by atoms with van der Waals surface area (Å²) in [7, 11) is 0. The maximum absolute atomic E-state index is 12.9. The number of nitrogens with one attached hydrogen (secondary N) is 1. The first kappa shape index (κ1) is 18.1. The molecular weight excluding hydrogens is 366 g/mol. The number of rotatable bonds is 3. The summed E-state index contributed by atoms with van der Waals surface area (Å²) in [6.07, 6.45) is 2.75. The highest BCUT2D eigenvalue weighted by molar-refractivity contribution is 7.15. The van der Waals surface area contributed by atoms with Gasteiger partial charge in [0.1, 0.15) is 0 Å². The van der Waals surface area contributed by atoms with Gasteiger partial charge in [-0.2, -0.15) is 0 Å². The molecule has 2 aromatic heterocycles. The average molecular weight is 389 g/mol. The number of fused-ring (bicyclic) bond motifs is 1. The molecule has 0 aliphatic carbocycles. The third kappa shape index (κ3) is 3.61. The van der Waals surface area contributed by atoms with E-state index >= 15 is 0 Å². The quantitative estimate of drug-likeness (QED) is 0.817. The Hall–Kier alpha value is -2.26. The molecule has 0 aromatic carbocycles. The molecule has 2 saturated heterocycles. The predicted octanol–water partition coefficient (Wildman–Crippen LogP) is 0.317. The fourth-order valence-corrected chi connectivity index (χ4v) is 4.47. The van der Waals surface area contributed by atoms with Crippen molar-refractivity contribution >= 4 is 28.1 Å². The van der Waals surface area contributed by atoms with Crippen LogP contribution >= 0.6 is 11.3 Å². The molecule has 0 unspecified atom stereocenters. The summed E-state index contributed by atoms with van der Waals surface area (Å²) in [5.74, 6) is 0.148. The number of hydrogen-bond acceptors (Lipinski definition) is 6. The van der Waals surface area contributed by atoms with Gasteiger partial charge in [0.05, 0.1) is 11.1 Å². The fraction of sp³-hybridized carbons (Fsp3) is 0.556. The number of aromatic nitrogens is 2. The van der Waals surface area contributed by atoms with E-state index in [-0.39, 0.29) is 17.4 Å². The second-order valence-electron chi connectivity index (χ2n) is 7.55. The Morgan fingerprint density at radius 3 is 2.78 bits per heavy atom. The van der Waals surface area contributed by atoms with Crippen LogP contribution in [0.3, 0.4) is 0 Å². The van der Waals surface area contributed by atoms with Gasteiger partial charge in [0.15, 0.2) is 4.96 Å². The van der Waals surface area contributed by atoms with E-state index in [9.17, 15) is 14.4 Å². The van der Waals surface area contributed by atoms with E-state index in [1.807, 2.05) is 17.2 Å². The van der Waals surface area contributed by atoms with Crippen molar-refractivity contribution in [3.63, 3.8) is 0 Å². The molecule has 1 atom stereocenters. The number of carbonyl (C=O) groups is 2. The van der Waals surface area contributed by atoms with Crippen molar-refractivity contribution < 1.29 is 9.59 Å². The number of piperazine rings is 1. The smallest absolute Gasteiger partial charge is 0.258 e. The molecular formula is C18H23N5O3S. The van der Waals surface area contributed by atoms with Crippen LogP contribution in [-0.2, 0) is 16.1 Å². The maximum Gasteiger partial charge on any atom is 0.258 e. The highest BCUT2D eigenvalue weighted by Gasteiger charge is 2.40.